The summed E-state index contributed by atoms with van der Waals surface area (Å²) in [5.41, 5.74) is 4.99. The maximum atomic E-state index is 11.9. The van der Waals surface area contributed by atoms with Gasteiger partial charge in [0, 0.05) is 26.2 Å². The van der Waals surface area contributed by atoms with E-state index in [1.165, 1.54) is 0 Å². The lowest BCUT2D eigenvalue weighted by molar-refractivity contribution is -0.138. The summed E-state index contributed by atoms with van der Waals surface area (Å²) in [5.74, 6) is -0.954. The lowest BCUT2D eigenvalue weighted by Gasteiger charge is -2.35. The zero-order chi connectivity index (χ0) is 16.0. The second-order valence-corrected chi connectivity index (χ2v) is 6.40. The fourth-order valence-corrected chi connectivity index (χ4v) is 2.14. The van der Waals surface area contributed by atoms with Gasteiger partial charge in [-0.05, 0) is 40.2 Å². The lowest BCUT2D eigenvalue weighted by Crippen LogP contribution is -2.50. The van der Waals surface area contributed by atoms with E-state index in [1.807, 2.05) is 20.8 Å². The van der Waals surface area contributed by atoms with Crippen LogP contribution in [0.4, 0.5) is 4.79 Å². The van der Waals surface area contributed by atoms with Gasteiger partial charge in [0.05, 0.1) is 0 Å². The number of hydrogen-bond donors (Lipinski definition) is 2. The normalized spacial score (nSPS) is 18.4. The molecule has 0 aromatic rings. The summed E-state index contributed by atoms with van der Waals surface area (Å²) < 4.78 is 5.34. The topological polar surface area (TPSA) is 96.1 Å². The molecule has 1 aliphatic rings. The van der Waals surface area contributed by atoms with Gasteiger partial charge < -0.3 is 20.5 Å². The molecule has 1 heterocycles. The van der Waals surface area contributed by atoms with E-state index in [4.69, 9.17) is 15.6 Å². The summed E-state index contributed by atoms with van der Waals surface area (Å²) in [5, 5.41) is 8.71. The Morgan fingerprint density at radius 3 is 2.29 bits per heavy atom. The van der Waals surface area contributed by atoms with Crippen LogP contribution in [-0.2, 0) is 9.53 Å². The SMILES string of the molecule is CC(C)(C)OC(=O)N1CCN(CCCC(N)C(=O)O)CC1. The van der Waals surface area contributed by atoms with E-state index in [0.29, 0.717) is 19.5 Å². The number of nitrogens with two attached hydrogens (primary N) is 1. The van der Waals surface area contributed by atoms with Crippen molar-refractivity contribution >= 4 is 12.1 Å². The number of nitrogens with zero attached hydrogens (tertiary/aromatic N) is 2. The van der Waals surface area contributed by atoms with Crippen LogP contribution in [-0.4, -0.2) is 71.3 Å². The Hall–Kier alpha value is -1.34. The van der Waals surface area contributed by atoms with Crippen molar-refractivity contribution in [2.75, 3.05) is 32.7 Å². The van der Waals surface area contributed by atoms with Crippen molar-refractivity contribution in [1.29, 1.82) is 0 Å². The van der Waals surface area contributed by atoms with Gasteiger partial charge in [-0.15, -0.1) is 0 Å². The first-order valence-electron chi connectivity index (χ1n) is 7.38. The second-order valence-electron chi connectivity index (χ2n) is 6.40. The monoisotopic (exact) mass is 301 g/mol. The van der Waals surface area contributed by atoms with E-state index in [2.05, 4.69) is 4.90 Å². The number of rotatable bonds is 5. The summed E-state index contributed by atoms with van der Waals surface area (Å²) in [6, 6.07) is -0.784. The Labute approximate surface area is 126 Å². The van der Waals surface area contributed by atoms with Gasteiger partial charge in [-0.2, -0.15) is 0 Å². The largest absolute Gasteiger partial charge is 0.480 e. The van der Waals surface area contributed by atoms with Gasteiger partial charge in [-0.3, -0.25) is 9.69 Å². The van der Waals surface area contributed by atoms with Crippen LogP contribution in [0.15, 0.2) is 0 Å². The number of aliphatic carboxylic acids is 1. The highest BCUT2D eigenvalue weighted by Crippen LogP contribution is 2.12. The van der Waals surface area contributed by atoms with Crippen LogP contribution in [0.2, 0.25) is 0 Å². The van der Waals surface area contributed by atoms with Gasteiger partial charge in [0.2, 0.25) is 0 Å². The first kappa shape index (κ1) is 17.7. The maximum Gasteiger partial charge on any atom is 0.410 e. The van der Waals surface area contributed by atoms with E-state index >= 15 is 0 Å². The van der Waals surface area contributed by atoms with Gasteiger partial charge in [0.25, 0.3) is 0 Å². The molecule has 1 aliphatic heterocycles. The maximum absolute atomic E-state index is 11.9. The van der Waals surface area contributed by atoms with Crippen molar-refractivity contribution in [1.82, 2.24) is 9.80 Å². The molecule has 7 heteroatoms. The zero-order valence-electron chi connectivity index (χ0n) is 13.2. The molecule has 1 fully saturated rings. The van der Waals surface area contributed by atoms with Crippen LogP contribution >= 0.6 is 0 Å². The average Bonchev–Trinajstić information content (AvgIpc) is 2.37. The summed E-state index contributed by atoms with van der Waals surface area (Å²) in [7, 11) is 0. The highest BCUT2D eigenvalue weighted by atomic mass is 16.6. The minimum Gasteiger partial charge on any atom is -0.480 e. The molecule has 0 bridgehead atoms. The highest BCUT2D eigenvalue weighted by Gasteiger charge is 2.25. The molecule has 0 saturated carbocycles. The summed E-state index contributed by atoms with van der Waals surface area (Å²) in [6.07, 6.45) is 0.955. The third-order valence-corrected chi connectivity index (χ3v) is 3.33. The number of hydrogen-bond acceptors (Lipinski definition) is 5. The predicted molar refractivity (Wildman–Crippen MR) is 79.1 cm³/mol. The molecule has 122 valence electrons. The van der Waals surface area contributed by atoms with Crippen molar-refractivity contribution in [3.05, 3.63) is 0 Å². The molecule has 0 spiro atoms. The quantitative estimate of drug-likeness (QED) is 0.777. The molecule has 21 heavy (non-hydrogen) atoms. The van der Waals surface area contributed by atoms with Crippen molar-refractivity contribution in [3.8, 4) is 0 Å². The van der Waals surface area contributed by atoms with E-state index in [0.717, 1.165) is 26.1 Å². The first-order chi connectivity index (χ1) is 9.69. The second kappa shape index (κ2) is 7.61. The molecule has 0 radical (unpaired) electrons. The molecule has 1 rings (SSSR count). The smallest absolute Gasteiger partial charge is 0.410 e. The van der Waals surface area contributed by atoms with Crippen molar-refractivity contribution in [3.63, 3.8) is 0 Å². The zero-order valence-corrected chi connectivity index (χ0v) is 13.2. The van der Waals surface area contributed by atoms with Crippen LogP contribution < -0.4 is 5.73 Å². The molecule has 1 amide bonds. The fraction of sp³-hybridized carbons (Fsp3) is 0.857. The Balaban J connectivity index is 2.23. The van der Waals surface area contributed by atoms with Gasteiger partial charge in [0.15, 0.2) is 0 Å². The number of carboxylic acids is 1. The van der Waals surface area contributed by atoms with E-state index in [9.17, 15) is 9.59 Å². The Bertz CT molecular complexity index is 360. The molecule has 3 N–H and O–H groups in total. The van der Waals surface area contributed by atoms with Crippen molar-refractivity contribution in [2.45, 2.75) is 45.3 Å². The van der Waals surface area contributed by atoms with Gasteiger partial charge in [-0.1, -0.05) is 0 Å². The first-order valence-corrected chi connectivity index (χ1v) is 7.38. The summed E-state index contributed by atoms with van der Waals surface area (Å²) in [6.45, 7) is 9.21. The number of ether oxygens (including phenoxy) is 1. The minimum atomic E-state index is -0.954. The van der Waals surface area contributed by atoms with Gasteiger partial charge >= 0.3 is 12.1 Å². The van der Waals surface area contributed by atoms with E-state index in [-0.39, 0.29) is 6.09 Å². The minimum absolute atomic E-state index is 0.268. The molecule has 1 atom stereocenters. The van der Waals surface area contributed by atoms with Crippen molar-refractivity contribution < 1.29 is 19.4 Å². The Morgan fingerprint density at radius 1 is 1.24 bits per heavy atom. The molecule has 0 aliphatic carbocycles. The van der Waals surface area contributed by atoms with Gasteiger partial charge in [0.1, 0.15) is 11.6 Å². The van der Waals surface area contributed by atoms with Crippen LogP contribution in [0.1, 0.15) is 33.6 Å². The number of carbonyl (C=O) groups excluding carboxylic acids is 1. The molecule has 0 aromatic carbocycles. The predicted octanol–water partition coefficient (Wildman–Crippen LogP) is 0.731. The Kier molecular flexibility index (Phi) is 6.42. The average molecular weight is 301 g/mol. The standard InChI is InChI=1S/C14H27N3O4/c1-14(2,3)21-13(20)17-9-7-16(8-10-17)6-4-5-11(15)12(18)19/h11H,4-10,15H2,1-3H3,(H,18,19). The number of amides is 1. The molecule has 7 nitrogen and oxygen atoms in total. The van der Waals surface area contributed by atoms with E-state index < -0.39 is 17.6 Å². The van der Waals surface area contributed by atoms with Gasteiger partial charge in [-0.25, -0.2) is 4.79 Å². The molecule has 0 aromatic heterocycles. The highest BCUT2D eigenvalue weighted by molar-refractivity contribution is 5.72. The molecule has 1 saturated heterocycles. The summed E-state index contributed by atoms with van der Waals surface area (Å²) in [4.78, 5) is 26.4. The molecular formula is C14H27N3O4. The third-order valence-electron chi connectivity index (χ3n) is 3.33. The van der Waals surface area contributed by atoms with Crippen LogP contribution in [0.3, 0.4) is 0 Å². The van der Waals surface area contributed by atoms with Crippen LogP contribution in [0, 0.1) is 0 Å². The van der Waals surface area contributed by atoms with E-state index in [1.54, 1.807) is 4.90 Å². The van der Waals surface area contributed by atoms with Crippen LogP contribution in [0.25, 0.3) is 0 Å². The van der Waals surface area contributed by atoms with Crippen LogP contribution in [0.5, 0.6) is 0 Å². The fourth-order valence-electron chi connectivity index (χ4n) is 2.14. The molecule has 1 unspecified atom stereocenters. The number of piperazine rings is 1. The number of carboxylic acid groups (broad SMARTS) is 1. The molecular weight excluding hydrogens is 274 g/mol. The third kappa shape index (κ3) is 6.77. The Morgan fingerprint density at radius 2 is 1.81 bits per heavy atom. The number of carbonyl (C=O) groups is 2. The van der Waals surface area contributed by atoms with Crippen molar-refractivity contribution in [2.24, 2.45) is 5.73 Å². The lowest BCUT2D eigenvalue weighted by atomic mass is 10.1. The summed E-state index contributed by atoms with van der Waals surface area (Å²) >= 11 is 0.